The average Bonchev–Trinajstić information content (AvgIpc) is 2.47. The second-order valence-electron chi connectivity index (χ2n) is 4.42. The van der Waals surface area contributed by atoms with Gasteiger partial charge < -0.3 is 5.73 Å². The Morgan fingerprint density at radius 2 is 1.59 bits per heavy atom. The molecule has 0 bridgehead atoms. The Morgan fingerprint density at radius 1 is 0.955 bits per heavy atom. The van der Waals surface area contributed by atoms with Crippen molar-refractivity contribution in [2.24, 2.45) is 0 Å². The van der Waals surface area contributed by atoms with Crippen molar-refractivity contribution in [1.82, 2.24) is 9.97 Å². The number of nitrogens with two attached hydrogens (primary N) is 1. The molecule has 0 radical (unpaired) electrons. The van der Waals surface area contributed by atoms with Crippen molar-refractivity contribution in [2.75, 3.05) is 10.5 Å². The third kappa shape index (κ3) is 3.56. The van der Waals surface area contributed by atoms with Gasteiger partial charge >= 0.3 is 29.6 Å². The van der Waals surface area contributed by atoms with Crippen LogP contribution in [0, 0.1) is 0 Å². The number of rotatable bonds is 3. The van der Waals surface area contributed by atoms with E-state index in [4.69, 9.17) is 5.73 Å². The summed E-state index contributed by atoms with van der Waals surface area (Å²) in [4.78, 5) is 8.51. The summed E-state index contributed by atoms with van der Waals surface area (Å²) in [7, 11) is -3.71. The Balaban J connectivity index is 0.00000176. The van der Waals surface area contributed by atoms with Crippen LogP contribution in [0.4, 0.5) is 11.5 Å². The van der Waals surface area contributed by atoms with Crippen molar-refractivity contribution < 1.29 is 38.0 Å². The number of sulfonamides is 1. The molecule has 106 valence electrons. The van der Waals surface area contributed by atoms with Crippen LogP contribution in [0.3, 0.4) is 0 Å². The molecule has 0 aliphatic carbocycles. The molecule has 2 aromatic carbocycles. The summed E-state index contributed by atoms with van der Waals surface area (Å²) >= 11 is 0. The van der Waals surface area contributed by atoms with E-state index in [0.29, 0.717) is 16.7 Å². The predicted octanol–water partition coefficient (Wildman–Crippen LogP) is -0.983. The van der Waals surface area contributed by atoms with Gasteiger partial charge in [0.05, 0.1) is 22.1 Å². The fraction of sp³-hybridized carbons (Fsp3) is 0. The standard InChI is InChI=1S/C14H12N4O2S.Na/c15-10-5-7-11(8-6-10)21(19,20)18-14-9-16-12-3-1-2-4-13(12)17-14;/h1-9H,15H2,(H,17,18);/q;+1. The van der Waals surface area contributed by atoms with Gasteiger partial charge in [0.25, 0.3) is 10.0 Å². The molecule has 0 aliphatic rings. The van der Waals surface area contributed by atoms with E-state index in [1.54, 1.807) is 12.1 Å². The van der Waals surface area contributed by atoms with E-state index in [-0.39, 0.29) is 40.3 Å². The molecule has 1 heterocycles. The van der Waals surface area contributed by atoms with Gasteiger partial charge in [-0.2, -0.15) is 0 Å². The zero-order valence-electron chi connectivity index (χ0n) is 11.9. The number of nitrogen functional groups attached to an aromatic ring is 1. The van der Waals surface area contributed by atoms with E-state index in [1.165, 1.54) is 30.5 Å². The molecular formula is C14H12N4NaO2S+. The van der Waals surface area contributed by atoms with E-state index in [1.807, 2.05) is 12.1 Å². The monoisotopic (exact) mass is 323 g/mol. The molecule has 0 spiro atoms. The minimum absolute atomic E-state index is 0. The smallest absolute Gasteiger partial charge is 0.399 e. The zero-order chi connectivity index (χ0) is 14.9. The molecule has 22 heavy (non-hydrogen) atoms. The topological polar surface area (TPSA) is 98.0 Å². The van der Waals surface area contributed by atoms with Crippen LogP contribution < -0.4 is 40.0 Å². The SMILES string of the molecule is Nc1ccc(S(=O)(=O)Nc2cnc3ccccc3n2)cc1.[Na+]. The molecule has 0 unspecified atom stereocenters. The number of fused-ring (bicyclic) bond motifs is 1. The summed E-state index contributed by atoms with van der Waals surface area (Å²) in [6.45, 7) is 0. The van der Waals surface area contributed by atoms with Crippen LogP contribution >= 0.6 is 0 Å². The molecule has 1 aromatic heterocycles. The summed E-state index contributed by atoms with van der Waals surface area (Å²) in [6.07, 6.45) is 1.39. The minimum Gasteiger partial charge on any atom is -0.399 e. The van der Waals surface area contributed by atoms with E-state index in [2.05, 4.69) is 14.7 Å². The number of hydrogen-bond acceptors (Lipinski definition) is 5. The maximum Gasteiger partial charge on any atom is 1.00 e. The molecule has 3 N–H and O–H groups in total. The first-order chi connectivity index (χ1) is 10.0. The van der Waals surface area contributed by atoms with Crippen LogP contribution in [0.2, 0.25) is 0 Å². The Kier molecular flexibility index (Phi) is 5.02. The Bertz CT molecular complexity index is 898. The summed E-state index contributed by atoms with van der Waals surface area (Å²) in [5, 5.41) is 0. The number of hydrogen-bond donors (Lipinski definition) is 2. The van der Waals surface area contributed by atoms with Crippen LogP contribution in [-0.4, -0.2) is 18.4 Å². The van der Waals surface area contributed by atoms with Gasteiger partial charge in [0.1, 0.15) is 0 Å². The molecule has 0 saturated heterocycles. The third-order valence-electron chi connectivity index (χ3n) is 2.88. The van der Waals surface area contributed by atoms with Crippen LogP contribution in [-0.2, 0) is 10.0 Å². The molecule has 3 rings (SSSR count). The molecule has 0 aliphatic heterocycles. The van der Waals surface area contributed by atoms with Crippen molar-refractivity contribution in [2.45, 2.75) is 4.90 Å². The number of benzene rings is 2. The summed E-state index contributed by atoms with van der Waals surface area (Å²) < 4.78 is 26.9. The van der Waals surface area contributed by atoms with Crippen molar-refractivity contribution in [3.63, 3.8) is 0 Å². The van der Waals surface area contributed by atoms with Gasteiger partial charge in [-0.05, 0) is 36.4 Å². The summed E-state index contributed by atoms with van der Waals surface area (Å²) in [5.41, 5.74) is 7.37. The normalized spacial score (nSPS) is 10.9. The van der Waals surface area contributed by atoms with Gasteiger partial charge in [-0.3, -0.25) is 9.71 Å². The molecule has 3 aromatic rings. The van der Waals surface area contributed by atoms with E-state index >= 15 is 0 Å². The fourth-order valence-corrected chi connectivity index (χ4v) is 2.84. The maximum absolute atomic E-state index is 12.2. The summed E-state index contributed by atoms with van der Waals surface area (Å²) in [6, 6.07) is 13.2. The molecule has 0 fully saturated rings. The van der Waals surface area contributed by atoms with Crippen molar-refractivity contribution in [3.05, 3.63) is 54.7 Å². The maximum atomic E-state index is 12.2. The zero-order valence-corrected chi connectivity index (χ0v) is 14.7. The van der Waals surface area contributed by atoms with Crippen molar-refractivity contribution in [3.8, 4) is 0 Å². The first-order valence-electron chi connectivity index (χ1n) is 6.15. The number of nitrogens with one attached hydrogen (secondary N) is 1. The van der Waals surface area contributed by atoms with E-state index in [0.717, 1.165) is 0 Å². The first-order valence-corrected chi connectivity index (χ1v) is 7.63. The van der Waals surface area contributed by atoms with Crippen molar-refractivity contribution >= 4 is 32.6 Å². The predicted molar refractivity (Wildman–Crippen MR) is 81.2 cm³/mol. The van der Waals surface area contributed by atoms with Gasteiger partial charge in [-0.1, -0.05) is 12.1 Å². The second-order valence-corrected chi connectivity index (χ2v) is 6.10. The number of anilines is 2. The third-order valence-corrected chi connectivity index (χ3v) is 4.25. The quantitative estimate of drug-likeness (QED) is 0.477. The molecule has 8 heteroatoms. The number of nitrogens with zero attached hydrogens (tertiary/aromatic N) is 2. The van der Waals surface area contributed by atoms with E-state index < -0.39 is 10.0 Å². The molecule has 6 nitrogen and oxygen atoms in total. The van der Waals surface area contributed by atoms with Gasteiger partial charge in [0.15, 0.2) is 5.82 Å². The second kappa shape index (κ2) is 6.62. The van der Waals surface area contributed by atoms with Crippen LogP contribution in [0.15, 0.2) is 59.6 Å². The van der Waals surface area contributed by atoms with Crippen LogP contribution in [0.25, 0.3) is 11.0 Å². The largest absolute Gasteiger partial charge is 1.00 e. The Morgan fingerprint density at radius 3 is 2.27 bits per heavy atom. The Labute approximate surface area is 150 Å². The first kappa shape index (κ1) is 16.7. The van der Waals surface area contributed by atoms with Gasteiger partial charge in [0.2, 0.25) is 0 Å². The summed E-state index contributed by atoms with van der Waals surface area (Å²) in [5.74, 6) is 0.172. The molecule has 0 atom stereocenters. The Hall–Kier alpha value is -1.67. The molecule has 0 amide bonds. The minimum atomic E-state index is -3.71. The van der Waals surface area contributed by atoms with Crippen LogP contribution in [0.5, 0.6) is 0 Å². The van der Waals surface area contributed by atoms with Gasteiger partial charge in [0, 0.05) is 5.69 Å². The number of aromatic nitrogens is 2. The van der Waals surface area contributed by atoms with Gasteiger partial charge in [-0.25, -0.2) is 13.4 Å². The van der Waals surface area contributed by atoms with Crippen LogP contribution in [0.1, 0.15) is 0 Å². The number of para-hydroxylation sites is 2. The van der Waals surface area contributed by atoms with E-state index in [9.17, 15) is 8.42 Å². The fourth-order valence-electron chi connectivity index (χ4n) is 1.85. The van der Waals surface area contributed by atoms with Crippen molar-refractivity contribution in [1.29, 1.82) is 0 Å². The molecule has 0 saturated carbocycles. The molecular weight excluding hydrogens is 311 g/mol. The average molecular weight is 323 g/mol. The van der Waals surface area contributed by atoms with Gasteiger partial charge in [-0.15, -0.1) is 0 Å².